The number of epoxide rings is 1. The Morgan fingerprint density at radius 1 is 0.632 bits per heavy atom. The highest BCUT2D eigenvalue weighted by atomic mass is 16.6. The summed E-state index contributed by atoms with van der Waals surface area (Å²) in [7, 11) is 0. The van der Waals surface area contributed by atoms with E-state index in [0.29, 0.717) is 56.5 Å². The number of carbonyl (C=O) groups excluding carboxylic acids is 3. The van der Waals surface area contributed by atoms with Crippen molar-refractivity contribution in [2.45, 2.75) is 89.9 Å². The van der Waals surface area contributed by atoms with Crippen LogP contribution in [0.5, 0.6) is 11.5 Å². The summed E-state index contributed by atoms with van der Waals surface area (Å²) in [5, 5.41) is 3.84. The first-order chi connectivity index (χ1) is 27.7. The van der Waals surface area contributed by atoms with Gasteiger partial charge in [-0.1, -0.05) is 44.7 Å². The molecule has 1 unspecified atom stereocenters. The summed E-state index contributed by atoms with van der Waals surface area (Å²) in [6, 6.07) is 22.9. The van der Waals surface area contributed by atoms with Crippen LogP contribution in [-0.4, -0.2) is 75.9 Å². The van der Waals surface area contributed by atoms with E-state index in [2.05, 4.69) is 6.58 Å². The van der Waals surface area contributed by atoms with Gasteiger partial charge >= 0.3 is 17.9 Å². The third kappa shape index (κ3) is 12.8. The molecule has 1 heterocycles. The highest BCUT2D eigenvalue weighted by molar-refractivity contribution is 5.97. The summed E-state index contributed by atoms with van der Waals surface area (Å²) in [6.45, 7) is 11.4. The lowest BCUT2D eigenvalue weighted by Crippen LogP contribution is -2.40. The zero-order chi connectivity index (χ0) is 40.0. The molecule has 0 bridgehead atoms. The van der Waals surface area contributed by atoms with Crippen molar-refractivity contribution in [2.75, 3.05) is 39.6 Å². The van der Waals surface area contributed by atoms with E-state index in [-0.39, 0.29) is 42.0 Å². The number of esters is 3. The molecule has 1 saturated heterocycles. The monoisotopic (exact) mass is 780 g/mol. The summed E-state index contributed by atoms with van der Waals surface area (Å²) in [4.78, 5) is 37.7. The fourth-order valence-corrected chi connectivity index (χ4v) is 7.15. The maximum Gasteiger partial charge on any atom is 0.338 e. The molecule has 57 heavy (non-hydrogen) atoms. The van der Waals surface area contributed by atoms with Crippen LogP contribution in [0.1, 0.15) is 92.4 Å². The smallest absolute Gasteiger partial charge is 0.338 e. The van der Waals surface area contributed by atoms with E-state index in [1.54, 1.807) is 12.1 Å². The number of unbranched alkanes of at least 4 members (excludes halogenated alkanes) is 5. The van der Waals surface area contributed by atoms with Gasteiger partial charge in [-0.25, -0.2) is 14.4 Å². The molecule has 0 radical (unpaired) electrons. The molecule has 0 N–H and O–H groups in total. The molecule has 4 aromatic rings. The van der Waals surface area contributed by atoms with Gasteiger partial charge in [0, 0.05) is 12.7 Å². The number of ether oxygens (including phenoxy) is 7. The zero-order valence-corrected chi connectivity index (χ0v) is 33.3. The molecule has 2 fully saturated rings. The Hall–Kier alpha value is -4.93. The van der Waals surface area contributed by atoms with Crippen molar-refractivity contribution in [3.63, 3.8) is 0 Å². The quantitative estimate of drug-likeness (QED) is 0.0251. The van der Waals surface area contributed by atoms with Gasteiger partial charge in [-0.2, -0.15) is 0 Å². The summed E-state index contributed by atoms with van der Waals surface area (Å²) in [5.74, 6) is 0.522. The average molecular weight is 781 g/mol. The predicted octanol–water partition coefficient (Wildman–Crippen LogP) is 9.44. The third-order valence-electron chi connectivity index (χ3n) is 10.7. The van der Waals surface area contributed by atoms with Crippen molar-refractivity contribution < 1.29 is 47.5 Å². The highest BCUT2D eigenvalue weighted by Gasteiger charge is 2.37. The predicted molar refractivity (Wildman–Crippen MR) is 219 cm³/mol. The minimum atomic E-state index is -0.387. The molecule has 0 aromatic heterocycles. The average Bonchev–Trinajstić information content (AvgIpc) is 4.05. The van der Waals surface area contributed by atoms with Crippen molar-refractivity contribution in [1.82, 2.24) is 0 Å². The van der Waals surface area contributed by atoms with E-state index in [4.69, 9.17) is 33.2 Å². The highest BCUT2D eigenvalue weighted by Crippen LogP contribution is 2.35. The van der Waals surface area contributed by atoms with E-state index in [1.165, 1.54) is 6.08 Å². The second kappa shape index (κ2) is 21.0. The Bertz CT molecular complexity index is 1970. The molecule has 0 spiro atoms. The Balaban J connectivity index is 0.912. The van der Waals surface area contributed by atoms with Crippen LogP contribution in [0.3, 0.4) is 0 Å². The van der Waals surface area contributed by atoms with Crippen molar-refractivity contribution in [2.24, 2.45) is 11.8 Å². The number of carbonyl (C=O) groups is 3. The molecule has 1 saturated carbocycles. The number of benzene rings is 4. The van der Waals surface area contributed by atoms with Gasteiger partial charge in [-0.3, -0.25) is 0 Å². The van der Waals surface area contributed by atoms with Crippen LogP contribution in [0.25, 0.3) is 21.5 Å². The molecule has 10 nitrogen and oxygen atoms in total. The van der Waals surface area contributed by atoms with Crippen LogP contribution in [0, 0.1) is 11.8 Å². The fourth-order valence-electron chi connectivity index (χ4n) is 7.15. The molecular formula is C47H56O10. The largest absolute Gasteiger partial charge is 0.494 e. The minimum Gasteiger partial charge on any atom is -0.494 e. The number of hydrogen-bond acceptors (Lipinski definition) is 10. The molecule has 2 aliphatic rings. The van der Waals surface area contributed by atoms with Crippen LogP contribution in [0.2, 0.25) is 0 Å². The van der Waals surface area contributed by atoms with E-state index in [0.717, 1.165) is 91.2 Å². The van der Waals surface area contributed by atoms with Crippen LogP contribution >= 0.6 is 0 Å². The lowest BCUT2D eigenvalue weighted by atomic mass is 9.79. The van der Waals surface area contributed by atoms with Crippen molar-refractivity contribution in [1.29, 1.82) is 0 Å². The number of hydrogen-bond donors (Lipinski definition) is 0. The maximum atomic E-state index is 13.3. The summed E-state index contributed by atoms with van der Waals surface area (Å²) >= 11 is 0. The summed E-state index contributed by atoms with van der Waals surface area (Å²) in [6.07, 6.45) is 8.80. The van der Waals surface area contributed by atoms with Crippen molar-refractivity contribution >= 4 is 39.5 Å². The normalized spacial score (nSPS) is 20.1. The minimum absolute atomic E-state index is 0.0173. The Morgan fingerprint density at radius 2 is 1.09 bits per heavy atom. The lowest BCUT2D eigenvalue weighted by molar-refractivity contribution is -0.137. The van der Waals surface area contributed by atoms with Crippen molar-refractivity contribution in [3.05, 3.63) is 96.6 Å². The number of rotatable bonds is 22. The lowest BCUT2D eigenvalue weighted by Gasteiger charge is -2.37. The van der Waals surface area contributed by atoms with E-state index in [9.17, 15) is 14.4 Å². The molecule has 0 amide bonds. The Morgan fingerprint density at radius 3 is 1.60 bits per heavy atom. The molecule has 4 aromatic carbocycles. The van der Waals surface area contributed by atoms with Gasteiger partial charge < -0.3 is 33.2 Å². The first-order valence-corrected chi connectivity index (χ1v) is 20.5. The van der Waals surface area contributed by atoms with Crippen LogP contribution in [-0.2, 0) is 28.5 Å². The van der Waals surface area contributed by atoms with Crippen LogP contribution in [0.4, 0.5) is 0 Å². The molecule has 1 aliphatic carbocycles. The first kappa shape index (κ1) is 41.7. The zero-order valence-electron chi connectivity index (χ0n) is 33.3. The van der Waals surface area contributed by atoms with Gasteiger partial charge in [0.05, 0.1) is 44.2 Å². The van der Waals surface area contributed by atoms with E-state index < -0.39 is 0 Å². The second-order valence-electron chi connectivity index (χ2n) is 15.3. The Labute approximate surface area is 335 Å². The third-order valence-corrected chi connectivity index (χ3v) is 10.7. The SMILES string of the molecule is C=CC(=O)OCCCCCCOc1ccc2cc(C(=O)O[C@@H]3C[C@H](C)[C@@H](OC(=O)c4ccc5cc(OCCCCCOCC6CO6)ccc5c4)C[C@@H]3C)ccc2c1. The van der Waals surface area contributed by atoms with E-state index >= 15 is 0 Å². The van der Waals surface area contributed by atoms with Gasteiger partial charge in [0.25, 0.3) is 0 Å². The molecule has 5 atom stereocenters. The molecule has 1 aliphatic heterocycles. The molecular weight excluding hydrogens is 725 g/mol. The fraction of sp³-hybridized carbons (Fsp3) is 0.468. The van der Waals surface area contributed by atoms with Crippen LogP contribution < -0.4 is 9.47 Å². The summed E-state index contributed by atoms with van der Waals surface area (Å²) in [5.41, 5.74) is 1.00. The number of fused-ring (bicyclic) bond motifs is 2. The Kier molecular flexibility index (Phi) is 15.4. The van der Waals surface area contributed by atoms with Crippen molar-refractivity contribution in [3.8, 4) is 11.5 Å². The maximum absolute atomic E-state index is 13.3. The topological polar surface area (TPSA) is 119 Å². The first-order valence-electron chi connectivity index (χ1n) is 20.5. The van der Waals surface area contributed by atoms with Gasteiger partial charge in [0.2, 0.25) is 0 Å². The summed E-state index contributed by atoms with van der Waals surface area (Å²) < 4.78 is 39.8. The molecule has 304 valence electrons. The molecule has 10 heteroatoms. The van der Waals surface area contributed by atoms with Gasteiger partial charge in [0.15, 0.2) is 0 Å². The second-order valence-corrected chi connectivity index (χ2v) is 15.3. The standard InChI is InChI=1S/C47H56O10/c1-4-45(48)54-23-10-6-5-9-21-52-40-18-16-34-26-38(14-12-36(34)28-40)46(49)56-43-24-33(3)44(25-32(43)2)57-47(50)39-15-13-37-29-41(19-17-35(37)27-39)53-22-11-7-8-20-51-30-42-31-55-42/h4,12-19,26-29,32-33,42-44H,1,5-11,20-25,30-31H2,2-3H3/t32-,33-,42?,43+,44-/m0/s1. The van der Waals surface area contributed by atoms with Gasteiger partial charge in [-0.15, -0.1) is 0 Å². The van der Waals surface area contributed by atoms with Crippen LogP contribution in [0.15, 0.2) is 85.5 Å². The molecule has 6 rings (SSSR count). The van der Waals surface area contributed by atoms with E-state index in [1.807, 2.05) is 74.5 Å². The van der Waals surface area contributed by atoms with Gasteiger partial charge in [0.1, 0.15) is 29.8 Å². The van der Waals surface area contributed by atoms with Gasteiger partial charge in [-0.05, 0) is 140 Å².